The molecule has 40 heavy (non-hydrogen) atoms. The summed E-state index contributed by atoms with van der Waals surface area (Å²) in [4.78, 5) is 47.6. The highest BCUT2D eigenvalue weighted by Crippen LogP contribution is 2.39. The van der Waals surface area contributed by atoms with Crippen LogP contribution in [0.3, 0.4) is 0 Å². The van der Waals surface area contributed by atoms with E-state index in [4.69, 9.17) is 28.4 Å². The van der Waals surface area contributed by atoms with Crippen LogP contribution in [0, 0.1) is 0 Å². The van der Waals surface area contributed by atoms with Crippen LogP contribution in [-0.2, 0) is 28.6 Å². The lowest BCUT2D eigenvalue weighted by molar-refractivity contribution is -0.301. The minimum atomic E-state index is -1.62. The summed E-state index contributed by atoms with van der Waals surface area (Å²) >= 11 is 0. The van der Waals surface area contributed by atoms with Gasteiger partial charge in [-0.3, -0.25) is 14.4 Å². The number of unbranched alkanes of at least 4 members (excludes halogenated alkanes) is 5. The monoisotopic (exact) mass is 570 g/mol. The number of hydrogen-bond donors (Lipinski definition) is 3. The zero-order valence-electron chi connectivity index (χ0n) is 23.1. The fourth-order valence-electron chi connectivity index (χ4n) is 3.92. The number of aliphatic hydroxyl groups is 3. The van der Waals surface area contributed by atoms with E-state index in [9.17, 15) is 34.5 Å². The molecule has 2 rings (SSSR count). The Balaban J connectivity index is 2.11. The van der Waals surface area contributed by atoms with Crippen LogP contribution in [0.15, 0.2) is 12.1 Å². The van der Waals surface area contributed by atoms with E-state index in [1.165, 1.54) is 0 Å². The molecule has 0 aromatic heterocycles. The number of hydrogen-bond acceptors (Lipinski definition) is 13. The lowest BCUT2D eigenvalue weighted by atomic mass is 9.99. The van der Waals surface area contributed by atoms with Gasteiger partial charge in [0.2, 0.25) is 5.75 Å². The highest BCUT2D eigenvalue weighted by atomic mass is 16.7. The molecule has 0 amide bonds. The molecule has 0 radical (unpaired) electrons. The minimum absolute atomic E-state index is 0.259. The summed E-state index contributed by atoms with van der Waals surface area (Å²) in [5, 5.41) is 30.9. The molecule has 1 aromatic carbocycles. The molecule has 0 saturated carbocycles. The Kier molecular flexibility index (Phi) is 13.4. The van der Waals surface area contributed by atoms with Gasteiger partial charge in [-0.05, 0) is 18.6 Å². The first-order chi connectivity index (χ1) is 18.9. The summed E-state index contributed by atoms with van der Waals surface area (Å²) < 4.78 is 31.4. The van der Waals surface area contributed by atoms with Crippen LogP contribution in [0.4, 0.5) is 0 Å². The van der Waals surface area contributed by atoms with Crippen molar-refractivity contribution in [3.63, 3.8) is 0 Å². The standard InChI is InChI=1S/C27H38O13/c1-5-6-7-8-9-10-11-35-27-24(33)23(32)22(31)21(40-27)14-36-26(34)18-12-19(37-15(2)28)25(39-17(4)30)20(13-18)38-16(3)29/h12-13,21-24,27,31-33H,5-11,14H2,1-4H3/t21-,22-,23+,24-,27-/m1/s1. The molecule has 5 atom stereocenters. The van der Waals surface area contributed by atoms with Crippen molar-refractivity contribution in [1.82, 2.24) is 0 Å². The summed E-state index contributed by atoms with van der Waals surface area (Å²) in [7, 11) is 0. The topological polar surface area (TPSA) is 184 Å². The van der Waals surface area contributed by atoms with Gasteiger partial charge in [-0.25, -0.2) is 4.79 Å². The highest BCUT2D eigenvalue weighted by Gasteiger charge is 2.44. The second kappa shape index (κ2) is 16.2. The van der Waals surface area contributed by atoms with Crippen LogP contribution in [-0.4, -0.2) is 83.1 Å². The van der Waals surface area contributed by atoms with Crippen molar-refractivity contribution in [1.29, 1.82) is 0 Å². The third kappa shape index (κ3) is 10.1. The quantitative estimate of drug-likeness (QED) is 0.167. The summed E-state index contributed by atoms with van der Waals surface area (Å²) in [6, 6.07) is 2.08. The van der Waals surface area contributed by atoms with Crippen molar-refractivity contribution in [2.24, 2.45) is 0 Å². The predicted octanol–water partition coefficient (Wildman–Crippen LogP) is 1.80. The van der Waals surface area contributed by atoms with Crippen molar-refractivity contribution in [3.8, 4) is 17.2 Å². The first-order valence-electron chi connectivity index (χ1n) is 13.2. The van der Waals surface area contributed by atoms with Crippen molar-refractivity contribution in [3.05, 3.63) is 17.7 Å². The second-order valence-corrected chi connectivity index (χ2v) is 9.33. The Morgan fingerprint density at radius 2 is 1.32 bits per heavy atom. The van der Waals surface area contributed by atoms with Gasteiger partial charge in [0, 0.05) is 27.4 Å². The summed E-state index contributed by atoms with van der Waals surface area (Å²) in [5.41, 5.74) is -0.259. The SMILES string of the molecule is CCCCCCCCO[C@@H]1O[C@H](COC(=O)c2cc(OC(C)=O)c(OC(C)=O)c(OC(C)=O)c2)[C@@H](O)[C@H](O)[C@H]1O. The Morgan fingerprint density at radius 1 is 0.775 bits per heavy atom. The third-order valence-corrected chi connectivity index (χ3v) is 5.84. The highest BCUT2D eigenvalue weighted by molar-refractivity contribution is 5.92. The van der Waals surface area contributed by atoms with Gasteiger partial charge in [0.25, 0.3) is 0 Å². The molecule has 1 aromatic rings. The van der Waals surface area contributed by atoms with E-state index in [2.05, 4.69) is 6.92 Å². The smallest absolute Gasteiger partial charge is 0.338 e. The molecular weight excluding hydrogens is 532 g/mol. The summed E-state index contributed by atoms with van der Waals surface area (Å²) in [5.74, 6) is -4.63. The number of benzene rings is 1. The second-order valence-electron chi connectivity index (χ2n) is 9.33. The fourth-order valence-corrected chi connectivity index (χ4v) is 3.92. The zero-order valence-corrected chi connectivity index (χ0v) is 23.1. The van der Waals surface area contributed by atoms with E-state index >= 15 is 0 Å². The maximum Gasteiger partial charge on any atom is 0.338 e. The summed E-state index contributed by atoms with van der Waals surface area (Å²) in [6.45, 7) is 5.04. The van der Waals surface area contributed by atoms with Gasteiger partial charge < -0.3 is 43.7 Å². The molecule has 1 aliphatic heterocycles. The average Bonchev–Trinajstić information content (AvgIpc) is 2.88. The molecule has 13 nitrogen and oxygen atoms in total. The predicted molar refractivity (Wildman–Crippen MR) is 137 cm³/mol. The molecule has 0 bridgehead atoms. The Labute approximate surface area is 232 Å². The lowest BCUT2D eigenvalue weighted by Crippen LogP contribution is -2.59. The van der Waals surface area contributed by atoms with Gasteiger partial charge in [-0.2, -0.15) is 0 Å². The Bertz CT molecular complexity index is 987. The molecule has 1 fully saturated rings. The van der Waals surface area contributed by atoms with E-state index < -0.39 is 66.9 Å². The first-order valence-corrected chi connectivity index (χ1v) is 13.2. The number of rotatable bonds is 14. The van der Waals surface area contributed by atoms with Crippen molar-refractivity contribution in [2.45, 2.75) is 96.9 Å². The van der Waals surface area contributed by atoms with Gasteiger partial charge in [0.15, 0.2) is 17.8 Å². The molecule has 13 heteroatoms. The number of ether oxygens (including phenoxy) is 6. The number of carbonyl (C=O) groups excluding carboxylic acids is 4. The molecular formula is C27H38O13. The third-order valence-electron chi connectivity index (χ3n) is 5.84. The van der Waals surface area contributed by atoms with Crippen molar-refractivity contribution >= 4 is 23.9 Å². The molecule has 1 heterocycles. The fraction of sp³-hybridized carbons (Fsp3) is 0.630. The van der Waals surface area contributed by atoms with E-state index in [1.807, 2.05) is 0 Å². The minimum Gasteiger partial charge on any atom is -0.459 e. The lowest BCUT2D eigenvalue weighted by Gasteiger charge is -2.40. The molecule has 0 unspecified atom stereocenters. The van der Waals surface area contributed by atoms with Gasteiger partial charge >= 0.3 is 23.9 Å². The Hall–Kier alpha value is -3.10. The van der Waals surface area contributed by atoms with Gasteiger partial charge in [0.05, 0.1) is 5.56 Å². The number of aliphatic hydroxyl groups excluding tert-OH is 3. The van der Waals surface area contributed by atoms with E-state index in [-0.39, 0.29) is 23.7 Å². The first kappa shape index (κ1) is 33.1. The number of esters is 4. The van der Waals surface area contributed by atoms with Crippen LogP contribution in [0.25, 0.3) is 0 Å². The normalized spacial score (nSPS) is 22.3. The van der Waals surface area contributed by atoms with E-state index in [0.717, 1.165) is 65.0 Å². The Morgan fingerprint density at radius 3 is 1.88 bits per heavy atom. The number of carbonyl (C=O) groups is 4. The van der Waals surface area contributed by atoms with Crippen LogP contribution in [0.2, 0.25) is 0 Å². The maximum atomic E-state index is 12.9. The van der Waals surface area contributed by atoms with Crippen LogP contribution in [0.1, 0.15) is 76.6 Å². The molecule has 1 saturated heterocycles. The zero-order chi connectivity index (χ0) is 29.8. The molecule has 0 aliphatic carbocycles. The molecule has 1 aliphatic rings. The van der Waals surface area contributed by atoms with Crippen molar-refractivity contribution in [2.75, 3.05) is 13.2 Å². The molecule has 0 spiro atoms. The van der Waals surface area contributed by atoms with Gasteiger partial charge in [-0.15, -0.1) is 0 Å². The van der Waals surface area contributed by atoms with Gasteiger partial charge in [-0.1, -0.05) is 39.0 Å². The summed E-state index contributed by atoms with van der Waals surface area (Å²) in [6.07, 6.45) is -1.16. The van der Waals surface area contributed by atoms with Crippen LogP contribution < -0.4 is 14.2 Å². The molecule has 224 valence electrons. The van der Waals surface area contributed by atoms with Crippen molar-refractivity contribution < 1.29 is 62.9 Å². The van der Waals surface area contributed by atoms with Crippen LogP contribution >= 0.6 is 0 Å². The average molecular weight is 571 g/mol. The largest absolute Gasteiger partial charge is 0.459 e. The van der Waals surface area contributed by atoms with Gasteiger partial charge in [0.1, 0.15) is 31.0 Å². The van der Waals surface area contributed by atoms with E-state index in [0.29, 0.717) is 6.42 Å². The molecule has 3 N–H and O–H groups in total. The maximum absolute atomic E-state index is 12.9. The van der Waals surface area contributed by atoms with E-state index in [1.54, 1.807) is 0 Å². The van der Waals surface area contributed by atoms with Crippen LogP contribution in [0.5, 0.6) is 17.2 Å².